The van der Waals surface area contributed by atoms with Crippen molar-refractivity contribution in [3.05, 3.63) is 65.2 Å². The molecule has 0 radical (unpaired) electrons. The molecule has 0 aliphatic carbocycles. The Kier molecular flexibility index (Phi) is 4.73. The van der Waals surface area contributed by atoms with Crippen molar-refractivity contribution in [1.29, 1.82) is 0 Å². The van der Waals surface area contributed by atoms with E-state index in [2.05, 4.69) is 5.32 Å². The van der Waals surface area contributed by atoms with Crippen LogP contribution in [0.4, 0.5) is 0 Å². The van der Waals surface area contributed by atoms with Gasteiger partial charge < -0.3 is 14.8 Å². The molecule has 2 aromatic carbocycles. The lowest BCUT2D eigenvalue weighted by atomic mass is 10.1. The second-order valence-corrected chi connectivity index (χ2v) is 6.77. The van der Waals surface area contributed by atoms with E-state index in [1.807, 2.05) is 24.3 Å². The number of nitrogens with zero attached hydrogens (tertiary/aromatic N) is 1. The molecule has 2 amide bonds. The number of carbonyl (C=O) groups excluding carboxylic acids is 3. The molecule has 2 unspecified atom stereocenters. The molecule has 2 aliphatic rings. The zero-order valence-corrected chi connectivity index (χ0v) is 15.4. The van der Waals surface area contributed by atoms with Crippen LogP contribution in [-0.2, 0) is 20.9 Å². The number of nitrogens with one attached hydrogen (secondary N) is 1. The normalized spacial score (nSPS) is 20.7. The Balaban J connectivity index is 1.48. The highest BCUT2D eigenvalue weighted by Crippen LogP contribution is 2.38. The van der Waals surface area contributed by atoms with Crippen LogP contribution >= 0.6 is 0 Å². The first-order valence-electron chi connectivity index (χ1n) is 9.10. The summed E-state index contributed by atoms with van der Waals surface area (Å²) in [6.07, 6.45) is -0.212. The molecular weight excluding hydrogens is 360 g/mol. The number of likely N-dealkylation sites (tertiary alicyclic amines) is 1. The molecule has 1 saturated heterocycles. The van der Waals surface area contributed by atoms with Crippen molar-refractivity contribution in [3.63, 3.8) is 0 Å². The molecule has 0 saturated carbocycles. The van der Waals surface area contributed by atoms with Crippen LogP contribution in [0.15, 0.2) is 48.5 Å². The van der Waals surface area contributed by atoms with E-state index in [9.17, 15) is 14.4 Å². The van der Waals surface area contributed by atoms with Gasteiger partial charge in [0.05, 0.1) is 12.7 Å². The molecule has 0 aromatic heterocycles. The summed E-state index contributed by atoms with van der Waals surface area (Å²) in [5.74, 6) is -0.191. The molecule has 2 aliphatic heterocycles. The monoisotopic (exact) mass is 380 g/mol. The minimum Gasteiger partial charge on any atom is -0.497 e. The van der Waals surface area contributed by atoms with Crippen LogP contribution in [-0.4, -0.2) is 35.8 Å². The summed E-state index contributed by atoms with van der Waals surface area (Å²) in [7, 11) is 1.59. The second kappa shape index (κ2) is 7.34. The minimum atomic E-state index is -0.851. The largest absolute Gasteiger partial charge is 0.497 e. The molecule has 7 nitrogen and oxygen atoms in total. The third-order valence-corrected chi connectivity index (χ3v) is 5.10. The van der Waals surface area contributed by atoms with E-state index < -0.39 is 18.2 Å². The molecular formula is C21H20N2O5. The molecule has 4 rings (SSSR count). The summed E-state index contributed by atoms with van der Waals surface area (Å²) < 4.78 is 10.6. The van der Waals surface area contributed by atoms with E-state index in [0.29, 0.717) is 24.1 Å². The quantitative estimate of drug-likeness (QED) is 0.804. The Bertz CT molecular complexity index is 925. The zero-order chi connectivity index (χ0) is 19.7. The van der Waals surface area contributed by atoms with Crippen LogP contribution < -0.4 is 10.1 Å². The van der Waals surface area contributed by atoms with Crippen LogP contribution in [0, 0.1) is 0 Å². The predicted octanol–water partition coefficient (Wildman–Crippen LogP) is 2.17. The number of ether oxygens (including phenoxy) is 2. The van der Waals surface area contributed by atoms with E-state index in [0.717, 1.165) is 11.3 Å². The van der Waals surface area contributed by atoms with Gasteiger partial charge in [0.1, 0.15) is 11.8 Å². The maximum absolute atomic E-state index is 12.8. The topological polar surface area (TPSA) is 84.9 Å². The SMILES string of the molecule is COc1ccc(CNC(=O)C2CCC(=O)N2C2OC(=O)c3ccccc32)cc1. The van der Waals surface area contributed by atoms with Gasteiger partial charge in [0.25, 0.3) is 0 Å². The molecule has 2 heterocycles. The van der Waals surface area contributed by atoms with Crippen LogP contribution in [0.1, 0.15) is 40.6 Å². The first-order valence-corrected chi connectivity index (χ1v) is 9.10. The molecule has 144 valence electrons. The number of benzene rings is 2. The van der Waals surface area contributed by atoms with E-state index in [1.165, 1.54) is 4.90 Å². The van der Waals surface area contributed by atoms with Gasteiger partial charge in [-0.05, 0) is 30.2 Å². The van der Waals surface area contributed by atoms with Gasteiger partial charge in [-0.15, -0.1) is 0 Å². The predicted molar refractivity (Wildman–Crippen MR) is 99.3 cm³/mol. The highest BCUT2D eigenvalue weighted by atomic mass is 16.6. The highest BCUT2D eigenvalue weighted by molar-refractivity contribution is 5.96. The van der Waals surface area contributed by atoms with E-state index >= 15 is 0 Å². The van der Waals surface area contributed by atoms with Gasteiger partial charge in [-0.1, -0.05) is 30.3 Å². The van der Waals surface area contributed by atoms with E-state index in [1.54, 1.807) is 31.4 Å². The Morgan fingerprint density at radius 3 is 2.68 bits per heavy atom. The number of esters is 1. The number of amides is 2. The van der Waals surface area contributed by atoms with Gasteiger partial charge in [0, 0.05) is 18.5 Å². The highest BCUT2D eigenvalue weighted by Gasteiger charge is 2.46. The number of cyclic esters (lactones) is 1. The fourth-order valence-electron chi connectivity index (χ4n) is 3.64. The summed E-state index contributed by atoms with van der Waals surface area (Å²) in [5, 5.41) is 2.87. The van der Waals surface area contributed by atoms with E-state index in [-0.39, 0.29) is 18.2 Å². The van der Waals surface area contributed by atoms with Crippen LogP contribution in [0.2, 0.25) is 0 Å². The van der Waals surface area contributed by atoms with Gasteiger partial charge in [-0.25, -0.2) is 4.79 Å². The summed E-state index contributed by atoms with van der Waals surface area (Å²) in [6.45, 7) is 0.336. The molecule has 1 fully saturated rings. The minimum absolute atomic E-state index is 0.195. The summed E-state index contributed by atoms with van der Waals surface area (Å²) in [5.41, 5.74) is 1.97. The van der Waals surface area contributed by atoms with E-state index in [4.69, 9.17) is 9.47 Å². The van der Waals surface area contributed by atoms with Gasteiger partial charge in [0.2, 0.25) is 18.0 Å². The Hall–Kier alpha value is -3.35. The molecule has 0 bridgehead atoms. The fourth-order valence-corrected chi connectivity index (χ4v) is 3.64. The van der Waals surface area contributed by atoms with Crippen LogP contribution in [0.3, 0.4) is 0 Å². The van der Waals surface area contributed by atoms with Crippen molar-refractivity contribution < 1.29 is 23.9 Å². The summed E-state index contributed by atoms with van der Waals surface area (Å²) in [4.78, 5) is 38.8. The summed E-state index contributed by atoms with van der Waals surface area (Å²) in [6, 6.07) is 13.6. The van der Waals surface area contributed by atoms with Crippen LogP contribution in [0.25, 0.3) is 0 Å². The van der Waals surface area contributed by atoms with Gasteiger partial charge >= 0.3 is 5.97 Å². The van der Waals surface area contributed by atoms with Crippen molar-refractivity contribution in [1.82, 2.24) is 10.2 Å². The molecule has 28 heavy (non-hydrogen) atoms. The average molecular weight is 380 g/mol. The number of rotatable bonds is 5. The lowest BCUT2D eigenvalue weighted by Gasteiger charge is -2.29. The fraction of sp³-hybridized carbons (Fsp3) is 0.286. The first kappa shape index (κ1) is 18.0. The number of methoxy groups -OCH3 is 1. The van der Waals surface area contributed by atoms with Crippen molar-refractivity contribution in [2.75, 3.05) is 7.11 Å². The van der Waals surface area contributed by atoms with Crippen molar-refractivity contribution in [2.45, 2.75) is 31.7 Å². The first-order chi connectivity index (χ1) is 13.6. The molecule has 2 atom stereocenters. The smallest absolute Gasteiger partial charge is 0.340 e. The maximum atomic E-state index is 12.8. The Morgan fingerprint density at radius 2 is 1.93 bits per heavy atom. The number of carbonyl (C=O) groups is 3. The average Bonchev–Trinajstić information content (AvgIpc) is 3.26. The second-order valence-electron chi connectivity index (χ2n) is 6.77. The Morgan fingerprint density at radius 1 is 1.18 bits per heavy atom. The molecule has 7 heteroatoms. The third-order valence-electron chi connectivity index (χ3n) is 5.10. The Labute approximate surface area is 162 Å². The number of hydrogen-bond acceptors (Lipinski definition) is 5. The third kappa shape index (κ3) is 3.19. The maximum Gasteiger partial charge on any atom is 0.340 e. The zero-order valence-electron chi connectivity index (χ0n) is 15.4. The van der Waals surface area contributed by atoms with Crippen molar-refractivity contribution in [2.24, 2.45) is 0 Å². The van der Waals surface area contributed by atoms with Gasteiger partial charge in [0.15, 0.2) is 0 Å². The number of fused-ring (bicyclic) bond motifs is 1. The molecule has 2 aromatic rings. The molecule has 1 N–H and O–H groups in total. The van der Waals surface area contributed by atoms with Gasteiger partial charge in [-0.2, -0.15) is 0 Å². The van der Waals surface area contributed by atoms with Crippen LogP contribution in [0.5, 0.6) is 5.75 Å². The number of hydrogen-bond donors (Lipinski definition) is 1. The molecule has 0 spiro atoms. The van der Waals surface area contributed by atoms with Crippen molar-refractivity contribution >= 4 is 17.8 Å². The van der Waals surface area contributed by atoms with Crippen molar-refractivity contribution in [3.8, 4) is 5.75 Å². The lowest BCUT2D eigenvalue weighted by molar-refractivity contribution is -0.145. The van der Waals surface area contributed by atoms with Gasteiger partial charge in [-0.3, -0.25) is 14.5 Å². The summed E-state index contributed by atoms with van der Waals surface area (Å²) >= 11 is 0. The standard InChI is InChI=1S/C21H20N2O5/c1-27-14-8-6-13(7-9-14)12-22-19(25)17-10-11-18(24)23(17)20-15-4-2-3-5-16(15)21(26)28-20/h2-9,17,20H,10-12H2,1H3,(H,22,25). The lowest BCUT2D eigenvalue weighted by Crippen LogP contribution is -2.46.